The highest BCUT2D eigenvalue weighted by Crippen LogP contribution is 2.15. The summed E-state index contributed by atoms with van der Waals surface area (Å²) in [5.41, 5.74) is 0.759. The Morgan fingerprint density at radius 1 is 1.32 bits per heavy atom. The number of sulfonamides is 1. The first-order valence-corrected chi connectivity index (χ1v) is 9.15. The van der Waals surface area contributed by atoms with Gasteiger partial charge in [-0.05, 0) is 35.1 Å². The van der Waals surface area contributed by atoms with Crippen molar-refractivity contribution in [3.63, 3.8) is 0 Å². The molecule has 1 heterocycles. The van der Waals surface area contributed by atoms with Crippen molar-refractivity contribution in [3.05, 3.63) is 47.3 Å². The van der Waals surface area contributed by atoms with E-state index in [4.69, 9.17) is 4.74 Å². The SMILES string of the molecule is CC(C)COc1cccc(/C=N/NS(=O)(=O)c2cccs2)c1. The Kier molecular flexibility index (Phi) is 5.57. The number of nitrogens with zero attached hydrogens (tertiary/aromatic N) is 1. The first-order valence-electron chi connectivity index (χ1n) is 6.78. The Labute approximate surface area is 134 Å². The molecule has 7 heteroatoms. The Morgan fingerprint density at radius 2 is 2.14 bits per heavy atom. The molecule has 0 unspecified atom stereocenters. The van der Waals surface area contributed by atoms with Gasteiger partial charge in [-0.2, -0.15) is 18.4 Å². The molecule has 22 heavy (non-hydrogen) atoms. The van der Waals surface area contributed by atoms with Gasteiger partial charge in [0.15, 0.2) is 0 Å². The van der Waals surface area contributed by atoms with Crippen LogP contribution < -0.4 is 9.57 Å². The number of thiophene rings is 1. The number of hydrogen-bond acceptors (Lipinski definition) is 5. The molecule has 0 aliphatic rings. The molecule has 2 rings (SSSR count). The first kappa shape index (κ1) is 16.5. The van der Waals surface area contributed by atoms with Crippen molar-refractivity contribution in [2.24, 2.45) is 11.0 Å². The van der Waals surface area contributed by atoms with E-state index >= 15 is 0 Å². The Hall–Kier alpha value is -1.86. The predicted octanol–water partition coefficient (Wildman–Crippen LogP) is 3.10. The lowest BCUT2D eigenvalue weighted by Gasteiger charge is -2.08. The van der Waals surface area contributed by atoms with Gasteiger partial charge in [-0.25, -0.2) is 0 Å². The van der Waals surface area contributed by atoms with Crippen LogP contribution in [0.5, 0.6) is 5.75 Å². The third-order valence-corrected chi connectivity index (χ3v) is 5.21. The van der Waals surface area contributed by atoms with E-state index in [-0.39, 0.29) is 4.21 Å². The van der Waals surface area contributed by atoms with Crippen LogP contribution in [-0.4, -0.2) is 21.2 Å². The third kappa shape index (κ3) is 4.85. The van der Waals surface area contributed by atoms with E-state index < -0.39 is 10.0 Å². The minimum atomic E-state index is -3.58. The van der Waals surface area contributed by atoms with E-state index in [0.29, 0.717) is 12.5 Å². The van der Waals surface area contributed by atoms with Gasteiger partial charge in [0.05, 0.1) is 12.8 Å². The number of nitrogens with one attached hydrogen (secondary N) is 1. The van der Waals surface area contributed by atoms with Gasteiger partial charge in [0, 0.05) is 0 Å². The van der Waals surface area contributed by atoms with Crippen LogP contribution in [0.1, 0.15) is 19.4 Å². The summed E-state index contributed by atoms with van der Waals surface area (Å²) in [6.45, 7) is 4.78. The Balaban J connectivity index is 2.00. The lowest BCUT2D eigenvalue weighted by molar-refractivity contribution is 0.271. The van der Waals surface area contributed by atoms with Crippen LogP contribution in [0.3, 0.4) is 0 Å². The fraction of sp³-hybridized carbons (Fsp3) is 0.267. The lowest BCUT2D eigenvalue weighted by Crippen LogP contribution is -2.17. The molecule has 118 valence electrons. The quantitative estimate of drug-likeness (QED) is 0.623. The normalized spacial score (nSPS) is 12.0. The summed E-state index contributed by atoms with van der Waals surface area (Å²) in [7, 11) is -3.58. The highest BCUT2D eigenvalue weighted by molar-refractivity contribution is 7.91. The van der Waals surface area contributed by atoms with Gasteiger partial charge >= 0.3 is 0 Å². The predicted molar refractivity (Wildman–Crippen MR) is 89.0 cm³/mol. The summed E-state index contributed by atoms with van der Waals surface area (Å²) in [6, 6.07) is 10.5. The summed E-state index contributed by atoms with van der Waals surface area (Å²) in [5.74, 6) is 1.17. The number of rotatable bonds is 7. The monoisotopic (exact) mass is 338 g/mol. The standard InChI is InChI=1S/C15H18N2O3S2/c1-12(2)11-20-14-6-3-5-13(9-14)10-16-17-22(18,19)15-7-4-8-21-15/h3-10,12,17H,11H2,1-2H3/b16-10+. The second kappa shape index (κ2) is 7.42. The molecule has 0 saturated carbocycles. The average Bonchev–Trinajstić information content (AvgIpc) is 3.00. The molecular weight excluding hydrogens is 320 g/mol. The second-order valence-electron chi connectivity index (χ2n) is 5.06. The summed E-state index contributed by atoms with van der Waals surface area (Å²) in [5, 5.41) is 5.50. The molecule has 0 aliphatic carbocycles. The maximum Gasteiger partial charge on any atom is 0.286 e. The van der Waals surface area contributed by atoms with Crippen LogP contribution in [0, 0.1) is 5.92 Å². The number of hydrogen-bond donors (Lipinski definition) is 1. The van der Waals surface area contributed by atoms with Gasteiger partial charge in [-0.15, -0.1) is 11.3 Å². The van der Waals surface area contributed by atoms with Crippen molar-refractivity contribution in [3.8, 4) is 5.75 Å². The van der Waals surface area contributed by atoms with E-state index in [0.717, 1.165) is 22.6 Å². The molecule has 0 bridgehead atoms. The molecular formula is C15H18N2O3S2. The smallest absolute Gasteiger partial charge is 0.286 e. The van der Waals surface area contributed by atoms with E-state index in [1.54, 1.807) is 11.4 Å². The van der Waals surface area contributed by atoms with Gasteiger partial charge < -0.3 is 4.74 Å². The number of hydrazone groups is 1. The fourth-order valence-corrected chi connectivity index (χ4v) is 3.35. The number of ether oxygens (including phenoxy) is 1. The third-order valence-electron chi connectivity index (χ3n) is 2.59. The molecule has 0 fully saturated rings. The second-order valence-corrected chi connectivity index (χ2v) is 7.90. The Bertz CT molecular complexity index is 723. The largest absolute Gasteiger partial charge is 0.493 e. The van der Waals surface area contributed by atoms with Crippen molar-refractivity contribution < 1.29 is 13.2 Å². The van der Waals surface area contributed by atoms with Crippen molar-refractivity contribution >= 4 is 27.6 Å². The molecule has 0 aliphatic heterocycles. The molecule has 0 saturated heterocycles. The zero-order valence-electron chi connectivity index (χ0n) is 12.4. The Morgan fingerprint density at radius 3 is 2.82 bits per heavy atom. The van der Waals surface area contributed by atoms with Crippen molar-refractivity contribution in [1.29, 1.82) is 0 Å². The van der Waals surface area contributed by atoms with Gasteiger partial charge in [0.1, 0.15) is 9.96 Å². The van der Waals surface area contributed by atoms with Gasteiger partial charge in [-0.3, -0.25) is 0 Å². The van der Waals surface area contributed by atoms with Crippen molar-refractivity contribution in [2.45, 2.75) is 18.1 Å². The topological polar surface area (TPSA) is 67.8 Å². The van der Waals surface area contributed by atoms with Crippen LogP contribution in [-0.2, 0) is 10.0 Å². The summed E-state index contributed by atoms with van der Waals surface area (Å²) in [6.07, 6.45) is 1.45. The molecule has 0 amide bonds. The van der Waals surface area contributed by atoms with Gasteiger partial charge in [0.2, 0.25) is 0 Å². The minimum absolute atomic E-state index is 0.235. The molecule has 0 radical (unpaired) electrons. The van der Waals surface area contributed by atoms with E-state index in [9.17, 15) is 8.42 Å². The van der Waals surface area contributed by atoms with E-state index in [1.165, 1.54) is 12.3 Å². The van der Waals surface area contributed by atoms with E-state index in [1.807, 2.05) is 24.3 Å². The van der Waals surface area contributed by atoms with Crippen LogP contribution in [0.25, 0.3) is 0 Å². The molecule has 0 atom stereocenters. The maximum absolute atomic E-state index is 11.9. The molecule has 0 spiro atoms. The van der Waals surface area contributed by atoms with Gasteiger partial charge in [0.25, 0.3) is 10.0 Å². The lowest BCUT2D eigenvalue weighted by atomic mass is 10.2. The first-order chi connectivity index (χ1) is 10.5. The summed E-state index contributed by atoms with van der Waals surface area (Å²) in [4.78, 5) is 2.19. The van der Waals surface area contributed by atoms with Crippen LogP contribution in [0.4, 0.5) is 0 Å². The minimum Gasteiger partial charge on any atom is -0.493 e. The number of benzene rings is 1. The molecule has 5 nitrogen and oxygen atoms in total. The highest BCUT2D eigenvalue weighted by Gasteiger charge is 2.12. The van der Waals surface area contributed by atoms with Crippen molar-refractivity contribution in [1.82, 2.24) is 4.83 Å². The van der Waals surface area contributed by atoms with Crippen LogP contribution >= 0.6 is 11.3 Å². The van der Waals surface area contributed by atoms with Gasteiger partial charge in [-0.1, -0.05) is 32.0 Å². The molecule has 1 aromatic carbocycles. The average molecular weight is 338 g/mol. The fourth-order valence-electron chi connectivity index (χ4n) is 1.58. The molecule has 1 aromatic heterocycles. The van der Waals surface area contributed by atoms with Crippen LogP contribution in [0.2, 0.25) is 0 Å². The zero-order chi connectivity index (χ0) is 16.0. The zero-order valence-corrected chi connectivity index (χ0v) is 14.0. The van der Waals surface area contributed by atoms with Crippen LogP contribution in [0.15, 0.2) is 51.1 Å². The molecule has 2 aromatic rings. The highest BCUT2D eigenvalue weighted by atomic mass is 32.2. The van der Waals surface area contributed by atoms with Crippen molar-refractivity contribution in [2.75, 3.05) is 6.61 Å². The van der Waals surface area contributed by atoms with E-state index in [2.05, 4.69) is 23.8 Å². The maximum atomic E-state index is 11.9. The summed E-state index contributed by atoms with van der Waals surface area (Å²) >= 11 is 1.14. The molecule has 1 N–H and O–H groups in total. The summed E-state index contributed by atoms with van der Waals surface area (Å²) < 4.78 is 29.6.